The van der Waals surface area contributed by atoms with Crippen molar-refractivity contribution in [2.24, 2.45) is 5.41 Å². The second-order valence-electron chi connectivity index (χ2n) is 5.03. The summed E-state index contributed by atoms with van der Waals surface area (Å²) in [5.74, 6) is -0.145. The van der Waals surface area contributed by atoms with Gasteiger partial charge in [0.25, 0.3) is 0 Å². The summed E-state index contributed by atoms with van der Waals surface area (Å²) in [5.41, 5.74) is 0.474. The molecule has 1 unspecified atom stereocenters. The second-order valence-corrected chi connectivity index (χ2v) is 5.03. The number of benzene rings is 1. The Morgan fingerprint density at radius 1 is 1.44 bits per heavy atom. The first kappa shape index (κ1) is 12.8. The highest BCUT2D eigenvalue weighted by molar-refractivity contribution is 5.35. The maximum absolute atomic E-state index is 13.8. The van der Waals surface area contributed by atoms with Crippen LogP contribution < -0.4 is 4.74 Å². The van der Waals surface area contributed by atoms with Crippen LogP contribution in [0.1, 0.15) is 24.4 Å². The van der Waals surface area contributed by atoms with Crippen LogP contribution in [0.2, 0.25) is 0 Å². The van der Waals surface area contributed by atoms with Gasteiger partial charge in [-0.2, -0.15) is 5.26 Å². The minimum Gasteiger partial charge on any atom is -0.494 e. The molecule has 2 rings (SSSR count). The Labute approximate surface area is 107 Å². The van der Waals surface area contributed by atoms with Crippen molar-refractivity contribution in [2.45, 2.75) is 18.9 Å². The molecule has 0 radical (unpaired) electrons. The molecule has 1 fully saturated rings. The molecule has 0 saturated heterocycles. The number of hydrogen-bond acceptors (Lipinski definition) is 3. The Morgan fingerprint density at radius 3 is 2.50 bits per heavy atom. The normalized spacial score (nSPS) is 18.2. The third-order valence-electron chi connectivity index (χ3n) is 3.54. The third-order valence-corrected chi connectivity index (χ3v) is 3.54. The van der Waals surface area contributed by atoms with E-state index in [4.69, 9.17) is 4.74 Å². The Balaban J connectivity index is 2.39. The molecule has 0 heterocycles. The van der Waals surface area contributed by atoms with Crippen LogP contribution in [0.15, 0.2) is 18.2 Å². The molecule has 0 spiro atoms. The largest absolute Gasteiger partial charge is 0.494 e. The molecule has 1 aromatic carbocycles. The van der Waals surface area contributed by atoms with Gasteiger partial charge < -0.3 is 9.64 Å². The van der Waals surface area contributed by atoms with E-state index in [1.54, 1.807) is 6.07 Å². The summed E-state index contributed by atoms with van der Waals surface area (Å²) in [6, 6.07) is 7.25. The monoisotopic (exact) mass is 248 g/mol. The molecule has 96 valence electrons. The van der Waals surface area contributed by atoms with Gasteiger partial charge in [0, 0.05) is 0 Å². The fourth-order valence-corrected chi connectivity index (χ4v) is 2.55. The lowest BCUT2D eigenvalue weighted by Gasteiger charge is -2.29. The topological polar surface area (TPSA) is 36.3 Å². The molecular weight excluding hydrogens is 231 g/mol. The van der Waals surface area contributed by atoms with Crippen LogP contribution in [0.3, 0.4) is 0 Å². The van der Waals surface area contributed by atoms with Crippen molar-refractivity contribution in [2.75, 3.05) is 21.2 Å². The van der Waals surface area contributed by atoms with Gasteiger partial charge in [0.2, 0.25) is 0 Å². The third kappa shape index (κ3) is 2.06. The number of methoxy groups -OCH3 is 1. The first-order chi connectivity index (χ1) is 8.54. The minimum absolute atomic E-state index is 0.0668. The van der Waals surface area contributed by atoms with E-state index in [2.05, 4.69) is 6.07 Å². The van der Waals surface area contributed by atoms with Gasteiger partial charge in [-0.1, -0.05) is 6.07 Å². The lowest BCUT2D eigenvalue weighted by atomic mass is 9.90. The van der Waals surface area contributed by atoms with Gasteiger partial charge in [-0.15, -0.1) is 0 Å². The SMILES string of the molecule is COc1ccc(C(N(C)C)C2(C#N)CC2)cc1F. The predicted octanol–water partition coefficient (Wildman–Crippen LogP) is 2.74. The highest BCUT2D eigenvalue weighted by atomic mass is 19.1. The first-order valence-corrected chi connectivity index (χ1v) is 5.95. The number of nitrogens with zero attached hydrogens (tertiary/aromatic N) is 2. The summed E-state index contributed by atoms with van der Waals surface area (Å²) in [7, 11) is 5.29. The van der Waals surface area contributed by atoms with Crippen LogP contribution in [-0.4, -0.2) is 26.1 Å². The summed E-state index contributed by atoms with van der Waals surface area (Å²) in [6.45, 7) is 0. The molecule has 0 amide bonds. The molecule has 4 heteroatoms. The molecule has 0 aliphatic heterocycles. The van der Waals surface area contributed by atoms with Crippen LogP contribution in [0.25, 0.3) is 0 Å². The summed E-state index contributed by atoms with van der Waals surface area (Å²) in [5, 5.41) is 9.31. The van der Waals surface area contributed by atoms with Crippen molar-refractivity contribution in [3.05, 3.63) is 29.6 Å². The van der Waals surface area contributed by atoms with Crippen LogP contribution in [0.5, 0.6) is 5.75 Å². The van der Waals surface area contributed by atoms with E-state index in [-0.39, 0.29) is 23.0 Å². The quantitative estimate of drug-likeness (QED) is 0.822. The summed E-state index contributed by atoms with van der Waals surface area (Å²) in [4.78, 5) is 1.98. The highest BCUT2D eigenvalue weighted by Crippen LogP contribution is 2.56. The number of halogens is 1. The lowest BCUT2D eigenvalue weighted by molar-refractivity contribution is 0.231. The Bertz CT molecular complexity index is 489. The molecule has 0 N–H and O–H groups in total. The number of ether oxygens (including phenoxy) is 1. The highest BCUT2D eigenvalue weighted by Gasteiger charge is 2.51. The van der Waals surface area contributed by atoms with Gasteiger partial charge in [-0.05, 0) is 44.6 Å². The molecule has 1 aromatic rings. The van der Waals surface area contributed by atoms with Gasteiger partial charge in [0.1, 0.15) is 0 Å². The van der Waals surface area contributed by atoms with Crippen LogP contribution in [0.4, 0.5) is 4.39 Å². The summed E-state index contributed by atoms with van der Waals surface area (Å²) >= 11 is 0. The van der Waals surface area contributed by atoms with E-state index in [9.17, 15) is 9.65 Å². The van der Waals surface area contributed by atoms with E-state index >= 15 is 0 Å². The zero-order chi connectivity index (χ0) is 13.3. The average molecular weight is 248 g/mol. The Morgan fingerprint density at radius 2 is 2.11 bits per heavy atom. The van der Waals surface area contributed by atoms with Gasteiger partial charge >= 0.3 is 0 Å². The smallest absolute Gasteiger partial charge is 0.165 e. The minimum atomic E-state index is -0.379. The summed E-state index contributed by atoms with van der Waals surface area (Å²) < 4.78 is 18.7. The molecular formula is C14H17FN2O. The van der Waals surface area contributed by atoms with Gasteiger partial charge in [-0.25, -0.2) is 4.39 Å². The summed E-state index contributed by atoms with van der Waals surface area (Å²) in [6.07, 6.45) is 1.75. The van der Waals surface area contributed by atoms with E-state index < -0.39 is 0 Å². The number of hydrogen-bond donors (Lipinski definition) is 0. The average Bonchev–Trinajstić information content (AvgIpc) is 3.10. The van der Waals surface area contributed by atoms with Crippen molar-refractivity contribution >= 4 is 0 Å². The lowest BCUT2D eigenvalue weighted by Crippen LogP contribution is -2.28. The Kier molecular flexibility index (Phi) is 3.27. The maximum Gasteiger partial charge on any atom is 0.165 e. The molecule has 1 aliphatic carbocycles. The molecule has 0 aromatic heterocycles. The van der Waals surface area contributed by atoms with E-state index in [1.165, 1.54) is 13.2 Å². The number of nitriles is 1. The first-order valence-electron chi connectivity index (χ1n) is 5.95. The Hall–Kier alpha value is -1.60. The maximum atomic E-state index is 13.8. The van der Waals surface area contributed by atoms with Gasteiger partial charge in [-0.3, -0.25) is 0 Å². The van der Waals surface area contributed by atoms with Gasteiger partial charge in [0.15, 0.2) is 11.6 Å². The fraction of sp³-hybridized carbons (Fsp3) is 0.500. The fourth-order valence-electron chi connectivity index (χ4n) is 2.55. The zero-order valence-electron chi connectivity index (χ0n) is 10.9. The van der Waals surface area contributed by atoms with Crippen LogP contribution in [0, 0.1) is 22.6 Å². The zero-order valence-corrected chi connectivity index (χ0v) is 10.9. The van der Waals surface area contributed by atoms with E-state index in [0.29, 0.717) is 0 Å². The second kappa shape index (κ2) is 4.58. The molecule has 3 nitrogen and oxygen atoms in total. The van der Waals surface area contributed by atoms with Crippen molar-refractivity contribution in [3.63, 3.8) is 0 Å². The van der Waals surface area contributed by atoms with Crippen LogP contribution >= 0.6 is 0 Å². The molecule has 0 bridgehead atoms. The van der Waals surface area contributed by atoms with E-state index in [0.717, 1.165) is 18.4 Å². The van der Waals surface area contributed by atoms with E-state index in [1.807, 2.05) is 25.1 Å². The van der Waals surface area contributed by atoms with Crippen molar-refractivity contribution < 1.29 is 9.13 Å². The van der Waals surface area contributed by atoms with Crippen molar-refractivity contribution in [1.82, 2.24) is 4.90 Å². The predicted molar refractivity (Wildman–Crippen MR) is 66.7 cm³/mol. The molecule has 1 atom stereocenters. The van der Waals surface area contributed by atoms with Gasteiger partial charge in [0.05, 0.1) is 24.6 Å². The standard InChI is InChI=1S/C14H17FN2O/c1-17(2)13(14(9-16)6-7-14)10-4-5-12(18-3)11(15)8-10/h4-5,8,13H,6-7H2,1-3H3. The number of rotatable bonds is 4. The van der Waals surface area contributed by atoms with Crippen molar-refractivity contribution in [3.8, 4) is 11.8 Å². The molecule has 18 heavy (non-hydrogen) atoms. The molecule has 1 aliphatic rings. The van der Waals surface area contributed by atoms with Crippen molar-refractivity contribution in [1.29, 1.82) is 5.26 Å². The molecule has 1 saturated carbocycles. The van der Waals surface area contributed by atoms with Crippen LogP contribution in [-0.2, 0) is 0 Å².